The number of carbonyl (C=O) groups excluding carboxylic acids is 1. The Morgan fingerprint density at radius 1 is 1.20 bits per heavy atom. The van der Waals surface area contributed by atoms with Crippen molar-refractivity contribution < 1.29 is 18.3 Å². The number of benzene rings is 2. The molecule has 3 rings (SSSR count). The first-order valence-corrected chi connectivity index (χ1v) is 7.41. The normalized spacial score (nSPS) is 10.7. The van der Waals surface area contributed by atoms with Crippen molar-refractivity contribution in [3.05, 3.63) is 65.7 Å². The van der Waals surface area contributed by atoms with Crippen molar-refractivity contribution in [1.82, 2.24) is 14.8 Å². The van der Waals surface area contributed by atoms with E-state index in [0.717, 1.165) is 0 Å². The predicted octanol–water partition coefficient (Wildman–Crippen LogP) is 3.77. The van der Waals surface area contributed by atoms with Crippen LogP contribution < -0.4 is 10.1 Å². The first-order valence-electron chi connectivity index (χ1n) is 7.04. The molecule has 1 aromatic heterocycles. The molecule has 0 bridgehead atoms. The summed E-state index contributed by atoms with van der Waals surface area (Å²) in [5.74, 6) is -0.468. The van der Waals surface area contributed by atoms with E-state index in [1.54, 1.807) is 18.2 Å². The van der Waals surface area contributed by atoms with E-state index in [-0.39, 0.29) is 11.3 Å². The monoisotopic (exact) mass is 364 g/mol. The number of aromatic nitrogens is 3. The molecule has 2 aromatic carbocycles. The number of hydrogen-bond acceptors (Lipinski definition) is 4. The van der Waals surface area contributed by atoms with Crippen LogP contribution in [-0.4, -0.2) is 27.3 Å². The number of anilines is 1. The fourth-order valence-electron chi connectivity index (χ4n) is 2.12. The van der Waals surface area contributed by atoms with Crippen molar-refractivity contribution >= 4 is 23.2 Å². The number of hydrogen-bond donors (Lipinski definition) is 1. The zero-order valence-electron chi connectivity index (χ0n) is 12.6. The molecule has 3 aromatic rings. The second-order valence-corrected chi connectivity index (χ2v) is 5.29. The average molecular weight is 365 g/mol. The van der Waals surface area contributed by atoms with E-state index in [4.69, 9.17) is 11.6 Å². The van der Waals surface area contributed by atoms with Gasteiger partial charge in [-0.25, -0.2) is 9.67 Å². The van der Waals surface area contributed by atoms with Gasteiger partial charge in [0.05, 0.1) is 11.4 Å². The Morgan fingerprint density at radius 2 is 1.96 bits per heavy atom. The van der Waals surface area contributed by atoms with Gasteiger partial charge in [0.25, 0.3) is 5.91 Å². The molecule has 0 aliphatic carbocycles. The fourth-order valence-corrected chi connectivity index (χ4v) is 2.30. The van der Waals surface area contributed by atoms with Gasteiger partial charge < -0.3 is 10.1 Å². The minimum Gasteiger partial charge on any atom is -0.435 e. The number of nitrogens with zero attached hydrogens (tertiary/aromatic N) is 3. The third-order valence-corrected chi connectivity index (χ3v) is 3.45. The molecule has 1 amide bonds. The Hall–Kier alpha value is -3.00. The molecule has 0 aliphatic rings. The molecular formula is C16H11ClF2N4O2. The van der Waals surface area contributed by atoms with E-state index in [1.165, 1.54) is 41.6 Å². The molecule has 9 heteroatoms. The quantitative estimate of drug-likeness (QED) is 0.748. The molecule has 0 spiro atoms. The Kier molecular flexibility index (Phi) is 4.90. The molecule has 1 heterocycles. The highest BCUT2D eigenvalue weighted by Gasteiger charge is 2.12. The van der Waals surface area contributed by atoms with Crippen LogP contribution in [-0.2, 0) is 0 Å². The van der Waals surface area contributed by atoms with Gasteiger partial charge in [0.1, 0.15) is 18.4 Å². The maximum Gasteiger partial charge on any atom is 0.387 e. The number of ether oxygens (including phenoxy) is 1. The van der Waals surface area contributed by atoms with Crippen LogP contribution in [0.15, 0.2) is 55.1 Å². The first-order chi connectivity index (χ1) is 12.0. The largest absolute Gasteiger partial charge is 0.435 e. The summed E-state index contributed by atoms with van der Waals surface area (Å²) in [6.07, 6.45) is 2.84. The summed E-state index contributed by atoms with van der Waals surface area (Å²) in [4.78, 5) is 16.3. The zero-order chi connectivity index (χ0) is 17.8. The molecule has 0 radical (unpaired) electrons. The summed E-state index contributed by atoms with van der Waals surface area (Å²) >= 11 is 5.99. The Labute approximate surface area is 146 Å². The summed E-state index contributed by atoms with van der Waals surface area (Å²) in [5, 5.41) is 7.17. The first kappa shape index (κ1) is 16.8. The van der Waals surface area contributed by atoms with Crippen molar-refractivity contribution in [1.29, 1.82) is 0 Å². The highest BCUT2D eigenvalue weighted by molar-refractivity contribution is 6.31. The number of halogens is 3. The lowest BCUT2D eigenvalue weighted by Crippen LogP contribution is -2.14. The molecule has 1 N–H and O–H groups in total. The fraction of sp³-hybridized carbons (Fsp3) is 0.0625. The maximum atomic E-state index is 12.4. The molecule has 6 nitrogen and oxygen atoms in total. The summed E-state index contributed by atoms with van der Waals surface area (Å²) in [6, 6.07) is 10.3. The molecule has 0 atom stereocenters. The second-order valence-electron chi connectivity index (χ2n) is 4.86. The van der Waals surface area contributed by atoms with Gasteiger partial charge in [-0.2, -0.15) is 13.9 Å². The van der Waals surface area contributed by atoms with Crippen molar-refractivity contribution in [3.8, 4) is 11.4 Å². The van der Waals surface area contributed by atoms with Gasteiger partial charge in [-0.05, 0) is 42.5 Å². The lowest BCUT2D eigenvalue weighted by Gasteiger charge is -2.12. The molecule has 0 saturated heterocycles. The highest BCUT2D eigenvalue weighted by atomic mass is 35.5. The van der Waals surface area contributed by atoms with Crippen LogP contribution in [0.25, 0.3) is 5.69 Å². The zero-order valence-corrected chi connectivity index (χ0v) is 13.3. The van der Waals surface area contributed by atoms with Crippen molar-refractivity contribution in [2.45, 2.75) is 6.61 Å². The summed E-state index contributed by atoms with van der Waals surface area (Å²) in [6.45, 7) is -2.92. The summed E-state index contributed by atoms with van der Waals surface area (Å²) in [7, 11) is 0. The Morgan fingerprint density at radius 3 is 2.60 bits per heavy atom. The topological polar surface area (TPSA) is 69.0 Å². The van der Waals surface area contributed by atoms with Gasteiger partial charge in [-0.3, -0.25) is 4.79 Å². The van der Waals surface area contributed by atoms with E-state index in [0.29, 0.717) is 16.4 Å². The summed E-state index contributed by atoms with van der Waals surface area (Å²) < 4.78 is 30.0. The van der Waals surface area contributed by atoms with E-state index < -0.39 is 12.5 Å². The van der Waals surface area contributed by atoms with Crippen molar-refractivity contribution in [3.63, 3.8) is 0 Å². The standard InChI is InChI=1S/C16H11ClF2N4O2/c17-11-3-6-14(23-9-20-8-21-23)13(7-11)22-15(24)10-1-4-12(5-2-10)25-16(18)19/h1-9,16H,(H,22,24). The van der Waals surface area contributed by atoms with Crippen molar-refractivity contribution in [2.75, 3.05) is 5.32 Å². The van der Waals surface area contributed by atoms with Gasteiger partial charge in [0.15, 0.2) is 0 Å². The lowest BCUT2D eigenvalue weighted by atomic mass is 10.2. The minimum absolute atomic E-state index is 0.0300. The van der Waals surface area contributed by atoms with Crippen LogP contribution in [0, 0.1) is 0 Å². The SMILES string of the molecule is O=C(Nc1cc(Cl)ccc1-n1cncn1)c1ccc(OC(F)F)cc1. The second kappa shape index (κ2) is 7.27. The van der Waals surface area contributed by atoms with Crippen molar-refractivity contribution in [2.24, 2.45) is 0 Å². The van der Waals surface area contributed by atoms with Crippen LogP contribution in [0.5, 0.6) is 5.75 Å². The number of nitrogens with one attached hydrogen (secondary N) is 1. The number of amides is 1. The Bertz CT molecular complexity index is 870. The molecule has 25 heavy (non-hydrogen) atoms. The molecule has 0 unspecified atom stereocenters. The predicted molar refractivity (Wildman–Crippen MR) is 87.4 cm³/mol. The smallest absolute Gasteiger partial charge is 0.387 e. The van der Waals surface area contributed by atoms with E-state index >= 15 is 0 Å². The van der Waals surface area contributed by atoms with E-state index in [1.807, 2.05) is 0 Å². The summed E-state index contributed by atoms with van der Waals surface area (Å²) in [5.41, 5.74) is 1.27. The third kappa shape index (κ3) is 4.10. The third-order valence-electron chi connectivity index (χ3n) is 3.21. The molecule has 0 fully saturated rings. The van der Waals surface area contributed by atoms with Gasteiger partial charge in [-0.1, -0.05) is 11.6 Å². The van der Waals surface area contributed by atoms with Gasteiger partial charge >= 0.3 is 6.61 Å². The van der Waals surface area contributed by atoms with Gasteiger partial charge in [0, 0.05) is 10.6 Å². The van der Waals surface area contributed by atoms with Crippen LogP contribution in [0.1, 0.15) is 10.4 Å². The van der Waals surface area contributed by atoms with Crippen LogP contribution in [0.3, 0.4) is 0 Å². The number of carbonyl (C=O) groups is 1. The van der Waals surface area contributed by atoms with Gasteiger partial charge in [-0.15, -0.1) is 0 Å². The molecule has 0 saturated carbocycles. The molecule has 0 aliphatic heterocycles. The maximum absolute atomic E-state index is 12.4. The van der Waals surface area contributed by atoms with Crippen LogP contribution >= 0.6 is 11.6 Å². The minimum atomic E-state index is -2.92. The van der Waals surface area contributed by atoms with Crippen LogP contribution in [0.4, 0.5) is 14.5 Å². The van der Waals surface area contributed by atoms with E-state index in [2.05, 4.69) is 20.1 Å². The molecule has 128 valence electrons. The van der Waals surface area contributed by atoms with E-state index in [9.17, 15) is 13.6 Å². The molecular weight excluding hydrogens is 354 g/mol. The van der Waals surface area contributed by atoms with Gasteiger partial charge in [0.2, 0.25) is 0 Å². The number of alkyl halides is 2. The lowest BCUT2D eigenvalue weighted by molar-refractivity contribution is -0.0498. The number of rotatable bonds is 5. The van der Waals surface area contributed by atoms with Crippen LogP contribution in [0.2, 0.25) is 5.02 Å². The Balaban J connectivity index is 1.82. The highest BCUT2D eigenvalue weighted by Crippen LogP contribution is 2.25. The average Bonchev–Trinajstić information content (AvgIpc) is 3.09.